The van der Waals surface area contributed by atoms with Crippen molar-refractivity contribution >= 4 is 8.32 Å². The second-order valence-corrected chi connectivity index (χ2v) is 11.2. The van der Waals surface area contributed by atoms with Gasteiger partial charge in [0.15, 0.2) is 8.32 Å². The van der Waals surface area contributed by atoms with Gasteiger partial charge in [-0.05, 0) is 30.1 Å². The number of hydrogen-bond donors (Lipinski definition) is 1. The average Bonchev–Trinajstić information content (AvgIpc) is 2.20. The average molecular weight is 258 g/mol. The van der Waals surface area contributed by atoms with Crippen LogP contribution in [0.4, 0.5) is 0 Å². The first kappa shape index (κ1) is 16.9. The minimum Gasteiger partial charge on any atom is -0.413 e. The van der Waals surface area contributed by atoms with Crippen LogP contribution >= 0.6 is 0 Å². The van der Waals surface area contributed by atoms with Gasteiger partial charge in [0, 0.05) is 0 Å². The first-order valence-electron chi connectivity index (χ1n) is 6.61. The fraction of sp³-hybridized carbons (Fsp3) is 0.857. The molecule has 0 saturated heterocycles. The van der Waals surface area contributed by atoms with Crippen LogP contribution in [0.5, 0.6) is 0 Å². The molecule has 0 radical (unpaired) electrons. The summed E-state index contributed by atoms with van der Waals surface area (Å²) < 4.78 is 6.04. The Bertz CT molecular complexity index is 241. The smallest absolute Gasteiger partial charge is 0.192 e. The van der Waals surface area contributed by atoms with E-state index in [-0.39, 0.29) is 5.04 Å². The maximum absolute atomic E-state index is 9.88. The molecule has 0 rings (SSSR count). The van der Waals surface area contributed by atoms with Gasteiger partial charge in [-0.1, -0.05) is 47.1 Å². The molecule has 0 aromatic carbocycles. The quantitative estimate of drug-likeness (QED) is 0.550. The summed E-state index contributed by atoms with van der Waals surface area (Å²) in [6, 6.07) is 0. The van der Waals surface area contributed by atoms with E-state index in [1.165, 1.54) is 0 Å². The van der Waals surface area contributed by atoms with Crippen LogP contribution in [-0.2, 0) is 4.43 Å². The van der Waals surface area contributed by atoms with Gasteiger partial charge in [0.2, 0.25) is 0 Å². The van der Waals surface area contributed by atoms with Crippen molar-refractivity contribution in [1.29, 1.82) is 0 Å². The van der Waals surface area contributed by atoms with Crippen molar-refractivity contribution in [1.82, 2.24) is 0 Å². The fourth-order valence-corrected chi connectivity index (χ4v) is 2.17. The van der Waals surface area contributed by atoms with Gasteiger partial charge in [0.1, 0.15) is 0 Å². The molecule has 0 aromatic heterocycles. The molecule has 0 bridgehead atoms. The molecule has 2 nitrogen and oxygen atoms in total. The van der Waals surface area contributed by atoms with Crippen LogP contribution in [-0.4, -0.2) is 26.1 Å². The Hall–Kier alpha value is -0.123. The summed E-state index contributed by atoms with van der Waals surface area (Å²) in [4.78, 5) is 0. The van der Waals surface area contributed by atoms with Gasteiger partial charge in [-0.15, -0.1) is 0 Å². The number of unbranched alkanes of at least 4 members (excludes halogenated alkanes) is 1. The highest BCUT2D eigenvalue weighted by Gasteiger charge is 2.37. The molecule has 0 heterocycles. The molecule has 17 heavy (non-hydrogen) atoms. The van der Waals surface area contributed by atoms with Gasteiger partial charge in [0.25, 0.3) is 0 Å². The molecule has 0 amide bonds. The third-order valence-electron chi connectivity index (χ3n) is 3.73. The lowest BCUT2D eigenvalue weighted by Crippen LogP contribution is -2.41. The van der Waals surface area contributed by atoms with Crippen LogP contribution in [0, 0.1) is 0 Å². The van der Waals surface area contributed by atoms with E-state index in [9.17, 15) is 5.11 Å². The summed E-state index contributed by atoms with van der Waals surface area (Å²) in [6.07, 6.45) is 2.55. The minimum absolute atomic E-state index is 0.210. The van der Waals surface area contributed by atoms with Crippen molar-refractivity contribution < 1.29 is 9.53 Å². The monoisotopic (exact) mass is 258 g/mol. The van der Waals surface area contributed by atoms with Crippen LogP contribution in [0.1, 0.15) is 47.0 Å². The zero-order valence-corrected chi connectivity index (χ0v) is 13.5. The Labute approximate surface area is 108 Å². The van der Waals surface area contributed by atoms with Crippen LogP contribution in [0.2, 0.25) is 18.1 Å². The Kier molecular flexibility index (Phi) is 6.67. The zero-order chi connectivity index (χ0) is 13.7. The Morgan fingerprint density at radius 2 is 1.88 bits per heavy atom. The van der Waals surface area contributed by atoms with E-state index in [1.54, 1.807) is 0 Å². The molecule has 0 aliphatic carbocycles. The number of rotatable bonds is 7. The highest BCUT2D eigenvalue weighted by molar-refractivity contribution is 6.74. The Balaban J connectivity index is 4.16. The minimum atomic E-state index is -1.72. The van der Waals surface area contributed by atoms with Gasteiger partial charge >= 0.3 is 0 Å². The van der Waals surface area contributed by atoms with Gasteiger partial charge in [-0.2, -0.15) is 0 Å². The van der Waals surface area contributed by atoms with Crippen molar-refractivity contribution in [2.75, 3.05) is 6.61 Å². The van der Waals surface area contributed by atoms with Crippen molar-refractivity contribution in [2.45, 2.75) is 71.2 Å². The van der Waals surface area contributed by atoms with Crippen LogP contribution in [0.15, 0.2) is 12.2 Å². The van der Waals surface area contributed by atoms with Crippen molar-refractivity contribution in [3.63, 3.8) is 0 Å². The molecular formula is C14H30O2Si. The molecule has 3 heteroatoms. The van der Waals surface area contributed by atoms with E-state index in [0.29, 0.717) is 6.61 Å². The molecule has 1 atom stereocenters. The first-order chi connectivity index (χ1) is 7.62. The summed E-state index contributed by atoms with van der Waals surface area (Å²) >= 11 is 0. The number of hydrogen-bond acceptors (Lipinski definition) is 2. The summed E-state index contributed by atoms with van der Waals surface area (Å²) in [6.45, 7) is 17.7. The maximum atomic E-state index is 9.88. The standard InChI is InChI=1S/C14H30O2Si/c1-8-9-10-13(15)12(2)11-16-17(6,7)14(3,4)5/h13,15H,2,8-11H2,1,3-7H3. The second kappa shape index (κ2) is 6.71. The Morgan fingerprint density at radius 1 is 1.35 bits per heavy atom. The maximum Gasteiger partial charge on any atom is 0.192 e. The van der Waals surface area contributed by atoms with Crippen molar-refractivity contribution in [2.24, 2.45) is 0 Å². The first-order valence-corrected chi connectivity index (χ1v) is 9.52. The molecule has 0 aliphatic rings. The normalized spacial score (nSPS) is 14.8. The highest BCUT2D eigenvalue weighted by Crippen LogP contribution is 2.36. The molecule has 102 valence electrons. The number of aliphatic hydroxyl groups is 1. The van der Waals surface area contributed by atoms with E-state index in [4.69, 9.17) is 4.43 Å². The third kappa shape index (κ3) is 5.84. The van der Waals surface area contributed by atoms with Gasteiger partial charge < -0.3 is 9.53 Å². The molecule has 1 unspecified atom stereocenters. The largest absolute Gasteiger partial charge is 0.413 e. The third-order valence-corrected chi connectivity index (χ3v) is 8.21. The van der Waals surface area contributed by atoms with E-state index in [0.717, 1.165) is 24.8 Å². The van der Waals surface area contributed by atoms with Gasteiger partial charge in [-0.25, -0.2) is 0 Å². The van der Waals surface area contributed by atoms with E-state index in [1.807, 2.05) is 0 Å². The SMILES string of the molecule is C=C(CO[Si](C)(C)C(C)(C)C)C(O)CCCC. The fourth-order valence-electron chi connectivity index (χ4n) is 1.19. The van der Waals surface area contributed by atoms with E-state index < -0.39 is 14.4 Å². The molecule has 0 saturated carbocycles. The van der Waals surface area contributed by atoms with Gasteiger partial charge in [-0.3, -0.25) is 0 Å². The van der Waals surface area contributed by atoms with Crippen molar-refractivity contribution in [3.8, 4) is 0 Å². The summed E-state index contributed by atoms with van der Waals surface area (Å²) in [5.41, 5.74) is 0.822. The summed E-state index contributed by atoms with van der Waals surface area (Å²) in [5, 5.41) is 10.1. The molecular weight excluding hydrogens is 228 g/mol. The molecule has 0 aromatic rings. The molecule has 0 spiro atoms. The lowest BCUT2D eigenvalue weighted by atomic mass is 10.1. The predicted molar refractivity (Wildman–Crippen MR) is 77.8 cm³/mol. The topological polar surface area (TPSA) is 29.5 Å². The van der Waals surface area contributed by atoms with Gasteiger partial charge in [0.05, 0.1) is 12.7 Å². The lowest BCUT2D eigenvalue weighted by molar-refractivity contribution is 0.177. The lowest BCUT2D eigenvalue weighted by Gasteiger charge is -2.36. The van der Waals surface area contributed by atoms with Crippen LogP contribution in [0.25, 0.3) is 0 Å². The van der Waals surface area contributed by atoms with E-state index in [2.05, 4.69) is 47.4 Å². The van der Waals surface area contributed by atoms with Crippen LogP contribution < -0.4 is 0 Å². The molecule has 0 fully saturated rings. The molecule has 0 aliphatic heterocycles. The summed E-state index contributed by atoms with van der Waals surface area (Å²) in [7, 11) is -1.72. The van der Waals surface area contributed by atoms with Crippen LogP contribution in [0.3, 0.4) is 0 Å². The summed E-state index contributed by atoms with van der Waals surface area (Å²) in [5.74, 6) is 0. The van der Waals surface area contributed by atoms with Crippen molar-refractivity contribution in [3.05, 3.63) is 12.2 Å². The van der Waals surface area contributed by atoms with E-state index >= 15 is 0 Å². The molecule has 1 N–H and O–H groups in total. The zero-order valence-electron chi connectivity index (χ0n) is 12.5. The highest BCUT2D eigenvalue weighted by atomic mass is 28.4. The Morgan fingerprint density at radius 3 is 2.29 bits per heavy atom. The predicted octanol–water partition coefficient (Wildman–Crippen LogP) is 4.12. The second-order valence-electron chi connectivity index (χ2n) is 6.37. The number of aliphatic hydroxyl groups excluding tert-OH is 1.